The summed E-state index contributed by atoms with van der Waals surface area (Å²) < 4.78 is 5.18. The Balaban J connectivity index is 2.45. The Kier molecular flexibility index (Phi) is 4.25. The summed E-state index contributed by atoms with van der Waals surface area (Å²) in [4.78, 5) is 33.8. The molecule has 0 amide bonds. The van der Waals surface area contributed by atoms with E-state index in [9.17, 15) is 24.8 Å². The van der Waals surface area contributed by atoms with Crippen LogP contribution in [-0.2, 0) is 9.59 Å². The Morgan fingerprint density at radius 1 is 1.41 bits per heavy atom. The van der Waals surface area contributed by atoms with E-state index in [1.807, 2.05) is 0 Å². The first kappa shape index (κ1) is 15.7. The van der Waals surface area contributed by atoms with Crippen LogP contribution in [0.4, 0.5) is 5.69 Å². The topological polar surface area (TPSA) is 107 Å². The van der Waals surface area contributed by atoms with Crippen LogP contribution >= 0.6 is 0 Å². The average Bonchev–Trinajstić information content (AvgIpc) is 2.45. The molecule has 0 saturated carbocycles. The highest BCUT2D eigenvalue weighted by Gasteiger charge is 2.32. The summed E-state index contributed by atoms with van der Waals surface area (Å²) >= 11 is 0. The number of Topliss-reactive ketones (excluding diaryl/α,β-unsaturated/α-hetero) is 2. The van der Waals surface area contributed by atoms with Gasteiger partial charge in [0.05, 0.1) is 17.6 Å². The maximum absolute atomic E-state index is 12.0. The molecule has 1 aromatic rings. The predicted octanol–water partition coefficient (Wildman–Crippen LogP) is 2.45. The summed E-state index contributed by atoms with van der Waals surface area (Å²) in [6.45, 7) is 1.22. The lowest BCUT2D eigenvalue weighted by atomic mass is 9.81. The van der Waals surface area contributed by atoms with Crippen LogP contribution in [0.1, 0.15) is 31.2 Å². The Labute approximate surface area is 126 Å². The molecule has 1 unspecified atom stereocenters. The Morgan fingerprint density at radius 2 is 2.09 bits per heavy atom. The van der Waals surface area contributed by atoms with Crippen LogP contribution in [0.25, 0.3) is 0 Å². The van der Waals surface area contributed by atoms with Crippen molar-refractivity contribution in [1.29, 1.82) is 0 Å². The maximum atomic E-state index is 12.0. The SMILES string of the molecule is COc1ccc([N+](=O)[O-])cc1C1CC(=O)C(C(C)=O)=C(O)C1. The number of hydrogen-bond donors (Lipinski definition) is 1. The summed E-state index contributed by atoms with van der Waals surface area (Å²) in [5.41, 5.74) is 0.170. The lowest BCUT2D eigenvalue weighted by molar-refractivity contribution is -0.385. The number of allylic oxidation sites excluding steroid dienone is 2. The van der Waals surface area contributed by atoms with E-state index in [1.165, 1.54) is 32.2 Å². The van der Waals surface area contributed by atoms with Crippen LogP contribution in [0, 0.1) is 10.1 Å². The van der Waals surface area contributed by atoms with Gasteiger partial charge in [-0.15, -0.1) is 0 Å². The number of benzene rings is 1. The Morgan fingerprint density at radius 3 is 2.59 bits per heavy atom. The van der Waals surface area contributed by atoms with Crippen molar-refractivity contribution in [3.8, 4) is 5.75 Å². The number of hydrogen-bond acceptors (Lipinski definition) is 6. The highest BCUT2D eigenvalue weighted by Crippen LogP contribution is 2.39. The summed E-state index contributed by atoms with van der Waals surface area (Å²) in [5.74, 6) is -1.28. The van der Waals surface area contributed by atoms with Crippen LogP contribution in [-0.4, -0.2) is 28.7 Å². The predicted molar refractivity (Wildman–Crippen MR) is 77.0 cm³/mol. The largest absolute Gasteiger partial charge is 0.511 e. The monoisotopic (exact) mass is 305 g/mol. The van der Waals surface area contributed by atoms with Crippen LogP contribution in [0.5, 0.6) is 5.75 Å². The molecule has 0 saturated heterocycles. The molecule has 0 radical (unpaired) electrons. The molecule has 2 rings (SSSR count). The molecule has 1 N–H and O–H groups in total. The van der Waals surface area contributed by atoms with Crippen molar-refractivity contribution in [2.75, 3.05) is 7.11 Å². The van der Waals surface area contributed by atoms with Gasteiger partial charge in [0.25, 0.3) is 5.69 Å². The molecule has 22 heavy (non-hydrogen) atoms. The molecule has 116 valence electrons. The number of aliphatic hydroxyl groups excluding tert-OH is 1. The second-order valence-electron chi connectivity index (χ2n) is 5.09. The van der Waals surface area contributed by atoms with Crippen LogP contribution in [0.2, 0.25) is 0 Å². The quantitative estimate of drug-likeness (QED) is 0.520. The number of nitro benzene ring substituents is 1. The van der Waals surface area contributed by atoms with Crippen LogP contribution in [0.3, 0.4) is 0 Å². The minimum atomic E-state index is -0.537. The Hall–Kier alpha value is -2.70. The molecule has 0 aliphatic heterocycles. The first-order valence-corrected chi connectivity index (χ1v) is 6.63. The Bertz CT molecular complexity index is 691. The number of methoxy groups -OCH3 is 1. The van der Waals surface area contributed by atoms with E-state index in [-0.39, 0.29) is 29.9 Å². The molecule has 0 fully saturated rings. The maximum Gasteiger partial charge on any atom is 0.269 e. The highest BCUT2D eigenvalue weighted by molar-refractivity contribution is 6.20. The summed E-state index contributed by atoms with van der Waals surface area (Å²) in [7, 11) is 1.42. The molecule has 0 heterocycles. The summed E-state index contributed by atoms with van der Waals surface area (Å²) in [5, 5.41) is 20.8. The van der Waals surface area contributed by atoms with Crippen LogP contribution in [0.15, 0.2) is 29.5 Å². The molecule has 0 aromatic heterocycles. The lowest BCUT2D eigenvalue weighted by Gasteiger charge is -2.24. The number of nitro groups is 1. The average molecular weight is 305 g/mol. The number of non-ortho nitro benzene ring substituents is 1. The highest BCUT2D eigenvalue weighted by atomic mass is 16.6. The van der Waals surface area contributed by atoms with Crippen molar-refractivity contribution in [2.45, 2.75) is 25.7 Å². The third kappa shape index (κ3) is 2.83. The molecular formula is C15H15NO6. The van der Waals surface area contributed by atoms with Gasteiger partial charge < -0.3 is 9.84 Å². The molecule has 1 aromatic carbocycles. The van der Waals surface area contributed by atoms with E-state index >= 15 is 0 Å². The zero-order valence-electron chi connectivity index (χ0n) is 12.2. The second kappa shape index (κ2) is 5.97. The third-order valence-corrected chi connectivity index (χ3v) is 3.65. The molecule has 7 heteroatoms. The van der Waals surface area contributed by atoms with Crippen molar-refractivity contribution in [3.63, 3.8) is 0 Å². The van der Waals surface area contributed by atoms with E-state index in [0.29, 0.717) is 11.3 Å². The number of ether oxygens (including phenoxy) is 1. The van der Waals surface area contributed by atoms with Crippen LogP contribution < -0.4 is 4.74 Å². The number of aliphatic hydroxyl groups is 1. The van der Waals surface area contributed by atoms with Gasteiger partial charge in [-0.2, -0.15) is 0 Å². The van der Waals surface area contributed by atoms with E-state index in [0.717, 1.165) is 0 Å². The fourth-order valence-electron chi connectivity index (χ4n) is 2.67. The van der Waals surface area contributed by atoms with Crippen molar-refractivity contribution >= 4 is 17.3 Å². The number of ketones is 2. The summed E-state index contributed by atoms with van der Waals surface area (Å²) in [6.07, 6.45) is 0.0642. The molecule has 1 aliphatic carbocycles. The fourth-order valence-corrected chi connectivity index (χ4v) is 2.67. The van der Waals surface area contributed by atoms with Crippen molar-refractivity contribution < 1.29 is 24.4 Å². The smallest absolute Gasteiger partial charge is 0.269 e. The number of carbonyl (C=O) groups excluding carboxylic acids is 2. The van der Waals surface area contributed by atoms with Gasteiger partial charge in [0, 0.05) is 36.5 Å². The first-order chi connectivity index (χ1) is 10.3. The standard InChI is InChI=1S/C15H15NO6/c1-8(17)15-12(18)5-9(6-13(15)19)11-7-10(16(20)21)3-4-14(11)22-2/h3-4,7,9,18H,5-6H2,1-2H3. The zero-order valence-corrected chi connectivity index (χ0v) is 12.2. The first-order valence-electron chi connectivity index (χ1n) is 6.63. The van der Waals surface area contributed by atoms with Gasteiger partial charge in [-0.25, -0.2) is 0 Å². The van der Waals surface area contributed by atoms with Gasteiger partial charge in [-0.3, -0.25) is 19.7 Å². The molecule has 0 bridgehead atoms. The third-order valence-electron chi connectivity index (χ3n) is 3.65. The van der Waals surface area contributed by atoms with Gasteiger partial charge in [-0.05, 0) is 13.0 Å². The lowest BCUT2D eigenvalue weighted by Crippen LogP contribution is -2.22. The molecular weight excluding hydrogens is 290 g/mol. The number of nitrogens with zero attached hydrogens (tertiary/aromatic N) is 1. The molecule has 0 spiro atoms. The van der Waals surface area contributed by atoms with E-state index < -0.39 is 22.4 Å². The second-order valence-corrected chi connectivity index (χ2v) is 5.09. The van der Waals surface area contributed by atoms with Gasteiger partial charge >= 0.3 is 0 Å². The number of carbonyl (C=O) groups is 2. The van der Waals surface area contributed by atoms with Crippen molar-refractivity contribution in [2.24, 2.45) is 0 Å². The van der Waals surface area contributed by atoms with Crippen molar-refractivity contribution in [1.82, 2.24) is 0 Å². The van der Waals surface area contributed by atoms with Gasteiger partial charge in [0.2, 0.25) is 0 Å². The van der Waals surface area contributed by atoms with Gasteiger partial charge in [0.15, 0.2) is 11.6 Å². The zero-order chi connectivity index (χ0) is 16.4. The van der Waals surface area contributed by atoms with E-state index in [2.05, 4.69) is 0 Å². The summed E-state index contributed by atoms with van der Waals surface area (Å²) in [6, 6.07) is 4.10. The van der Waals surface area contributed by atoms with E-state index in [1.54, 1.807) is 0 Å². The number of rotatable bonds is 4. The minimum Gasteiger partial charge on any atom is -0.511 e. The van der Waals surface area contributed by atoms with Gasteiger partial charge in [-0.1, -0.05) is 0 Å². The normalized spacial score (nSPS) is 18.3. The molecule has 1 atom stereocenters. The fraction of sp³-hybridized carbons (Fsp3) is 0.333. The minimum absolute atomic E-state index is 0.00347. The van der Waals surface area contributed by atoms with E-state index in [4.69, 9.17) is 4.74 Å². The molecule has 1 aliphatic rings. The van der Waals surface area contributed by atoms with Crippen molar-refractivity contribution in [3.05, 3.63) is 45.2 Å². The molecule has 7 nitrogen and oxygen atoms in total. The van der Waals surface area contributed by atoms with Gasteiger partial charge in [0.1, 0.15) is 11.5 Å².